The number of fused-ring (bicyclic) bond motifs is 3. The number of hydrogen-bond donors (Lipinski definition) is 2. The lowest BCUT2D eigenvalue weighted by atomic mass is 10.2. The SMILES string of the molecule is Cc1ccccc1Nc1nc2cc(C=NN=N)ccc2n2cccc12. The third-order valence-corrected chi connectivity index (χ3v) is 4.15. The normalized spacial score (nSPS) is 11.4. The Balaban J connectivity index is 1.89. The number of aromatic nitrogens is 2. The Hall–Kier alpha value is -3.54. The summed E-state index contributed by atoms with van der Waals surface area (Å²) in [5.41, 5.74) is 12.7. The van der Waals surface area contributed by atoms with Gasteiger partial charge in [-0.2, -0.15) is 5.53 Å². The lowest BCUT2D eigenvalue weighted by molar-refractivity contribution is 0.996. The summed E-state index contributed by atoms with van der Waals surface area (Å²) in [5.74, 6) is 0.797. The molecule has 0 aliphatic carbocycles. The van der Waals surface area contributed by atoms with E-state index in [0.717, 1.165) is 39.2 Å². The van der Waals surface area contributed by atoms with Crippen LogP contribution in [0.1, 0.15) is 11.1 Å². The summed E-state index contributed by atoms with van der Waals surface area (Å²) in [6.45, 7) is 2.07. The molecule has 6 heteroatoms. The van der Waals surface area contributed by atoms with Crippen molar-refractivity contribution < 1.29 is 0 Å². The number of para-hydroxylation sites is 1. The first-order valence-electron chi connectivity index (χ1n) is 7.89. The van der Waals surface area contributed by atoms with Crippen molar-refractivity contribution in [1.82, 2.24) is 9.38 Å². The van der Waals surface area contributed by atoms with Crippen molar-refractivity contribution in [3.05, 3.63) is 71.9 Å². The maximum atomic E-state index is 6.78. The lowest BCUT2D eigenvalue weighted by Gasteiger charge is -2.12. The van der Waals surface area contributed by atoms with Gasteiger partial charge in [-0.05, 0) is 48.4 Å². The number of anilines is 2. The topological polar surface area (TPSA) is 77.9 Å². The van der Waals surface area contributed by atoms with Crippen LogP contribution in [0.15, 0.2) is 71.1 Å². The molecule has 0 amide bonds. The van der Waals surface area contributed by atoms with Gasteiger partial charge in [0.15, 0.2) is 5.82 Å². The van der Waals surface area contributed by atoms with Crippen LogP contribution < -0.4 is 5.32 Å². The van der Waals surface area contributed by atoms with E-state index in [4.69, 9.17) is 10.5 Å². The quantitative estimate of drug-likeness (QED) is 0.317. The zero-order chi connectivity index (χ0) is 17.2. The van der Waals surface area contributed by atoms with Crippen LogP contribution in [0.3, 0.4) is 0 Å². The Kier molecular flexibility index (Phi) is 3.70. The minimum atomic E-state index is 0.797. The molecule has 0 atom stereocenters. The maximum Gasteiger partial charge on any atom is 0.155 e. The van der Waals surface area contributed by atoms with Crippen LogP contribution in [0.25, 0.3) is 16.6 Å². The largest absolute Gasteiger partial charge is 0.338 e. The number of aryl methyl sites for hydroxylation is 1. The average Bonchev–Trinajstić information content (AvgIpc) is 3.12. The fourth-order valence-corrected chi connectivity index (χ4v) is 2.90. The van der Waals surface area contributed by atoms with Gasteiger partial charge in [-0.15, -0.1) is 5.10 Å². The molecule has 4 aromatic rings. The molecule has 0 aliphatic heterocycles. The molecule has 0 saturated heterocycles. The molecule has 0 aliphatic rings. The number of hydrogen-bond acceptors (Lipinski definition) is 4. The molecule has 2 aromatic heterocycles. The number of rotatable bonds is 4. The molecule has 122 valence electrons. The van der Waals surface area contributed by atoms with Crippen LogP contribution in [-0.4, -0.2) is 15.6 Å². The Morgan fingerprint density at radius 1 is 1.08 bits per heavy atom. The number of nitrogens with zero attached hydrogens (tertiary/aromatic N) is 4. The first-order valence-corrected chi connectivity index (χ1v) is 7.89. The van der Waals surface area contributed by atoms with Crippen molar-refractivity contribution in [2.45, 2.75) is 6.92 Å². The predicted molar refractivity (Wildman–Crippen MR) is 99.9 cm³/mol. The molecule has 0 unspecified atom stereocenters. The molecule has 0 saturated carbocycles. The van der Waals surface area contributed by atoms with Gasteiger partial charge in [-0.3, -0.25) is 0 Å². The van der Waals surface area contributed by atoms with Crippen molar-refractivity contribution in [3.63, 3.8) is 0 Å². The molecule has 25 heavy (non-hydrogen) atoms. The van der Waals surface area contributed by atoms with E-state index in [-0.39, 0.29) is 0 Å². The smallest absolute Gasteiger partial charge is 0.155 e. The highest BCUT2D eigenvalue weighted by atomic mass is 15.3. The van der Waals surface area contributed by atoms with Crippen LogP contribution in [-0.2, 0) is 0 Å². The van der Waals surface area contributed by atoms with Gasteiger partial charge in [0, 0.05) is 11.9 Å². The van der Waals surface area contributed by atoms with Gasteiger partial charge >= 0.3 is 0 Å². The standard InChI is InChI=1S/C19H16N6/c1-13-5-2-3-6-15(13)22-19-18-7-4-10-25(18)17-9-8-14(12-21-24-20)11-16(17)23-19/h2-12,20H,1H3,(H,22,23). The molecular formula is C19H16N6. The summed E-state index contributed by atoms with van der Waals surface area (Å²) in [7, 11) is 0. The summed E-state index contributed by atoms with van der Waals surface area (Å²) in [6, 6.07) is 18.1. The summed E-state index contributed by atoms with van der Waals surface area (Å²) in [5, 5.41) is 10.1. The van der Waals surface area contributed by atoms with Crippen LogP contribution in [0.5, 0.6) is 0 Å². The summed E-state index contributed by atoms with van der Waals surface area (Å²) in [4.78, 5) is 4.81. The first-order chi connectivity index (χ1) is 12.3. The van der Waals surface area contributed by atoms with Crippen LogP contribution in [0.2, 0.25) is 0 Å². The van der Waals surface area contributed by atoms with E-state index in [1.54, 1.807) is 6.21 Å². The van der Waals surface area contributed by atoms with E-state index in [1.165, 1.54) is 0 Å². The van der Waals surface area contributed by atoms with Gasteiger partial charge in [0.2, 0.25) is 0 Å². The Morgan fingerprint density at radius 2 is 1.96 bits per heavy atom. The van der Waals surface area contributed by atoms with Crippen LogP contribution in [0, 0.1) is 12.5 Å². The van der Waals surface area contributed by atoms with Crippen LogP contribution in [0.4, 0.5) is 11.5 Å². The first kappa shape index (κ1) is 15.0. The van der Waals surface area contributed by atoms with E-state index >= 15 is 0 Å². The summed E-state index contributed by atoms with van der Waals surface area (Å²) < 4.78 is 2.11. The highest BCUT2D eigenvalue weighted by molar-refractivity contribution is 5.91. The minimum absolute atomic E-state index is 0.797. The minimum Gasteiger partial charge on any atom is -0.338 e. The fraction of sp³-hybridized carbons (Fsp3) is 0.0526. The maximum absolute atomic E-state index is 6.78. The van der Waals surface area contributed by atoms with Crippen molar-refractivity contribution >= 4 is 34.3 Å². The third kappa shape index (κ3) is 2.74. The van der Waals surface area contributed by atoms with Crippen molar-refractivity contribution in [3.8, 4) is 0 Å². The second kappa shape index (κ2) is 6.16. The summed E-state index contributed by atoms with van der Waals surface area (Å²) in [6.07, 6.45) is 3.57. The molecule has 2 aromatic carbocycles. The fourth-order valence-electron chi connectivity index (χ4n) is 2.90. The lowest BCUT2D eigenvalue weighted by Crippen LogP contribution is -2.00. The molecule has 0 fully saturated rings. The van der Waals surface area contributed by atoms with Gasteiger partial charge in [-0.1, -0.05) is 29.5 Å². The molecule has 0 bridgehead atoms. The zero-order valence-electron chi connectivity index (χ0n) is 13.6. The van der Waals surface area contributed by atoms with E-state index in [0.29, 0.717) is 0 Å². The molecule has 0 spiro atoms. The molecule has 2 N–H and O–H groups in total. The van der Waals surface area contributed by atoms with E-state index in [1.807, 2.05) is 54.7 Å². The van der Waals surface area contributed by atoms with Gasteiger partial charge < -0.3 is 9.72 Å². The van der Waals surface area contributed by atoms with Gasteiger partial charge in [0.05, 0.1) is 22.8 Å². The molecule has 2 heterocycles. The zero-order valence-corrected chi connectivity index (χ0v) is 13.6. The molecule has 6 nitrogen and oxygen atoms in total. The van der Waals surface area contributed by atoms with E-state index in [9.17, 15) is 0 Å². The third-order valence-electron chi connectivity index (χ3n) is 4.15. The highest BCUT2D eigenvalue weighted by Gasteiger charge is 2.09. The van der Waals surface area contributed by atoms with Gasteiger partial charge in [0.1, 0.15) is 0 Å². The molecular weight excluding hydrogens is 312 g/mol. The van der Waals surface area contributed by atoms with E-state index < -0.39 is 0 Å². The second-order valence-electron chi connectivity index (χ2n) is 5.76. The Bertz CT molecular complexity index is 1110. The number of nitrogens with one attached hydrogen (secondary N) is 2. The van der Waals surface area contributed by atoms with Gasteiger partial charge in [-0.25, -0.2) is 4.98 Å². The van der Waals surface area contributed by atoms with Crippen molar-refractivity contribution in [2.24, 2.45) is 10.3 Å². The monoisotopic (exact) mass is 328 g/mol. The van der Waals surface area contributed by atoms with Gasteiger partial charge in [0.25, 0.3) is 0 Å². The summed E-state index contributed by atoms with van der Waals surface area (Å²) >= 11 is 0. The molecule has 0 radical (unpaired) electrons. The predicted octanol–water partition coefficient (Wildman–Crippen LogP) is 4.90. The highest BCUT2D eigenvalue weighted by Crippen LogP contribution is 2.27. The Labute approximate surface area is 144 Å². The van der Waals surface area contributed by atoms with E-state index in [2.05, 4.69) is 33.0 Å². The second-order valence-corrected chi connectivity index (χ2v) is 5.76. The number of benzene rings is 2. The average molecular weight is 328 g/mol. The van der Waals surface area contributed by atoms with Crippen molar-refractivity contribution in [2.75, 3.05) is 5.32 Å². The Morgan fingerprint density at radius 3 is 2.80 bits per heavy atom. The van der Waals surface area contributed by atoms with Crippen molar-refractivity contribution in [1.29, 1.82) is 5.53 Å². The molecule has 4 rings (SSSR count). The van der Waals surface area contributed by atoms with Crippen LogP contribution >= 0.6 is 0 Å².